The number of carboxylic acid groups (broad SMARTS) is 1. The number of benzene rings is 1. The number of aliphatic carboxylic acids is 1. The molecule has 0 amide bonds. The number of nitrogens with two attached hydrogens (primary N) is 1. The van der Waals surface area contributed by atoms with Crippen molar-refractivity contribution in [2.24, 2.45) is 5.73 Å². The van der Waals surface area contributed by atoms with E-state index >= 15 is 0 Å². The Hall–Kier alpha value is -1.56. The summed E-state index contributed by atoms with van der Waals surface area (Å²) < 4.78 is 36.9. The summed E-state index contributed by atoms with van der Waals surface area (Å²) in [5.74, 6) is -1.52. The van der Waals surface area contributed by atoms with E-state index in [4.69, 9.17) is 10.8 Å². The Morgan fingerprint density at radius 1 is 1.35 bits per heavy atom. The van der Waals surface area contributed by atoms with Crippen molar-refractivity contribution >= 4 is 5.97 Å². The molecule has 1 aliphatic rings. The van der Waals surface area contributed by atoms with Crippen molar-refractivity contribution < 1.29 is 23.1 Å². The number of halogens is 3. The molecule has 1 fully saturated rings. The Morgan fingerprint density at radius 3 is 2.24 bits per heavy atom. The molecule has 1 aromatic rings. The maximum absolute atomic E-state index is 12.3. The number of rotatable bonds is 2. The standard InChI is InChI=1S/C11H10F3NO2/c12-11(13,14)7-3-1-6(2-4-7)8-5-10(8,15)9(16)17/h1-4,8H,5,15H2,(H,16,17). The second-order valence-electron chi connectivity index (χ2n) is 4.22. The Kier molecular flexibility index (Phi) is 2.43. The van der Waals surface area contributed by atoms with Gasteiger partial charge in [0.2, 0.25) is 0 Å². The first kappa shape index (κ1) is 11.9. The van der Waals surface area contributed by atoms with Crippen LogP contribution in [-0.4, -0.2) is 16.6 Å². The van der Waals surface area contributed by atoms with Crippen molar-refractivity contribution in [2.75, 3.05) is 0 Å². The average molecular weight is 245 g/mol. The first-order valence-electron chi connectivity index (χ1n) is 4.94. The topological polar surface area (TPSA) is 63.3 Å². The van der Waals surface area contributed by atoms with E-state index in [0.29, 0.717) is 5.56 Å². The highest BCUT2D eigenvalue weighted by Crippen LogP contribution is 2.49. The van der Waals surface area contributed by atoms with Gasteiger partial charge < -0.3 is 10.8 Å². The van der Waals surface area contributed by atoms with Gasteiger partial charge in [-0.1, -0.05) is 12.1 Å². The van der Waals surface area contributed by atoms with E-state index in [1.165, 1.54) is 12.1 Å². The van der Waals surface area contributed by atoms with E-state index in [0.717, 1.165) is 12.1 Å². The Balaban J connectivity index is 2.19. The number of alkyl halides is 3. The quantitative estimate of drug-likeness (QED) is 0.837. The largest absolute Gasteiger partial charge is 0.480 e. The highest BCUT2D eigenvalue weighted by molar-refractivity contribution is 5.84. The first-order valence-corrected chi connectivity index (χ1v) is 4.94. The molecule has 92 valence electrons. The highest BCUT2D eigenvalue weighted by atomic mass is 19.4. The molecule has 2 atom stereocenters. The summed E-state index contributed by atoms with van der Waals surface area (Å²) in [6.07, 6.45) is -4.12. The summed E-state index contributed by atoms with van der Waals surface area (Å²) in [4.78, 5) is 10.8. The van der Waals surface area contributed by atoms with Crippen LogP contribution in [0.1, 0.15) is 23.5 Å². The minimum Gasteiger partial charge on any atom is -0.480 e. The lowest BCUT2D eigenvalue weighted by atomic mass is 10.0. The van der Waals surface area contributed by atoms with Gasteiger partial charge in [0.15, 0.2) is 0 Å². The minimum absolute atomic E-state index is 0.258. The zero-order valence-electron chi connectivity index (χ0n) is 8.66. The lowest BCUT2D eigenvalue weighted by molar-refractivity contribution is -0.140. The molecule has 0 aromatic heterocycles. The Morgan fingerprint density at radius 2 is 1.88 bits per heavy atom. The lowest BCUT2D eigenvalue weighted by Crippen LogP contribution is -2.34. The number of carboxylic acids is 1. The van der Waals surface area contributed by atoms with Gasteiger partial charge in [-0.25, -0.2) is 0 Å². The van der Waals surface area contributed by atoms with Gasteiger partial charge >= 0.3 is 12.1 Å². The van der Waals surface area contributed by atoms with Gasteiger partial charge in [0, 0.05) is 5.92 Å². The fraction of sp³-hybridized carbons (Fsp3) is 0.364. The second-order valence-corrected chi connectivity index (χ2v) is 4.22. The van der Waals surface area contributed by atoms with Gasteiger partial charge in [-0.2, -0.15) is 13.2 Å². The molecule has 3 nitrogen and oxygen atoms in total. The molecule has 1 aromatic carbocycles. The summed E-state index contributed by atoms with van der Waals surface area (Å²) in [5, 5.41) is 8.82. The summed E-state index contributed by atoms with van der Waals surface area (Å²) >= 11 is 0. The molecule has 3 N–H and O–H groups in total. The van der Waals surface area contributed by atoms with Crippen LogP contribution in [0, 0.1) is 0 Å². The van der Waals surface area contributed by atoms with Gasteiger partial charge in [-0.3, -0.25) is 4.79 Å². The molecule has 0 aliphatic heterocycles. The van der Waals surface area contributed by atoms with E-state index in [1.54, 1.807) is 0 Å². The number of hydrogen-bond donors (Lipinski definition) is 2. The first-order chi connectivity index (χ1) is 7.75. The van der Waals surface area contributed by atoms with Crippen molar-refractivity contribution in [1.82, 2.24) is 0 Å². The zero-order chi connectivity index (χ0) is 12.8. The van der Waals surface area contributed by atoms with Crippen LogP contribution in [0.3, 0.4) is 0 Å². The van der Waals surface area contributed by atoms with E-state index in [1.807, 2.05) is 0 Å². The number of hydrogen-bond acceptors (Lipinski definition) is 2. The average Bonchev–Trinajstić information content (AvgIpc) is 2.91. The van der Waals surface area contributed by atoms with Crippen LogP contribution < -0.4 is 5.73 Å². The van der Waals surface area contributed by atoms with Crippen molar-refractivity contribution in [2.45, 2.75) is 24.1 Å². The Bertz CT molecular complexity index is 455. The molecular formula is C11H10F3NO2. The second kappa shape index (κ2) is 3.46. The smallest absolute Gasteiger partial charge is 0.416 e. The van der Waals surface area contributed by atoms with Crippen molar-refractivity contribution in [3.63, 3.8) is 0 Å². The number of carbonyl (C=O) groups is 1. The third-order valence-corrected chi connectivity index (χ3v) is 3.04. The van der Waals surface area contributed by atoms with Crippen molar-refractivity contribution in [3.8, 4) is 0 Å². The summed E-state index contributed by atoms with van der Waals surface area (Å²) in [6.45, 7) is 0. The van der Waals surface area contributed by atoms with E-state index in [9.17, 15) is 18.0 Å². The fourth-order valence-corrected chi connectivity index (χ4v) is 1.83. The summed E-state index contributed by atoms with van der Waals surface area (Å²) in [6, 6.07) is 4.45. The van der Waals surface area contributed by atoms with Crippen LogP contribution in [0.25, 0.3) is 0 Å². The summed E-state index contributed by atoms with van der Waals surface area (Å²) in [5.41, 5.74) is 4.03. The van der Waals surface area contributed by atoms with Gasteiger partial charge in [0.1, 0.15) is 5.54 Å². The predicted molar refractivity (Wildman–Crippen MR) is 53.4 cm³/mol. The monoisotopic (exact) mass is 245 g/mol. The van der Waals surface area contributed by atoms with Crippen LogP contribution in [0.15, 0.2) is 24.3 Å². The van der Waals surface area contributed by atoms with Gasteiger partial charge in [-0.15, -0.1) is 0 Å². The fourth-order valence-electron chi connectivity index (χ4n) is 1.83. The normalized spacial score (nSPS) is 27.9. The molecule has 1 aliphatic carbocycles. The van der Waals surface area contributed by atoms with Gasteiger partial charge in [0.25, 0.3) is 0 Å². The van der Waals surface area contributed by atoms with Gasteiger partial charge in [0.05, 0.1) is 5.56 Å². The van der Waals surface area contributed by atoms with Crippen molar-refractivity contribution in [3.05, 3.63) is 35.4 Å². The molecule has 0 bridgehead atoms. The molecular weight excluding hydrogens is 235 g/mol. The van der Waals surface area contributed by atoms with E-state index < -0.39 is 29.2 Å². The molecule has 2 unspecified atom stereocenters. The van der Waals surface area contributed by atoms with Crippen LogP contribution in [0.5, 0.6) is 0 Å². The van der Waals surface area contributed by atoms with Crippen LogP contribution in [0.2, 0.25) is 0 Å². The van der Waals surface area contributed by atoms with Crippen LogP contribution in [-0.2, 0) is 11.0 Å². The molecule has 17 heavy (non-hydrogen) atoms. The maximum atomic E-state index is 12.3. The van der Waals surface area contributed by atoms with E-state index in [-0.39, 0.29) is 6.42 Å². The SMILES string of the molecule is NC1(C(=O)O)CC1c1ccc(C(F)(F)F)cc1. The van der Waals surface area contributed by atoms with Gasteiger partial charge in [-0.05, 0) is 24.1 Å². The van der Waals surface area contributed by atoms with E-state index in [2.05, 4.69) is 0 Å². The van der Waals surface area contributed by atoms with Crippen LogP contribution >= 0.6 is 0 Å². The predicted octanol–water partition coefficient (Wildman–Crippen LogP) is 1.97. The minimum atomic E-state index is -4.38. The zero-order valence-corrected chi connectivity index (χ0v) is 8.66. The van der Waals surface area contributed by atoms with Crippen LogP contribution in [0.4, 0.5) is 13.2 Å². The molecule has 0 heterocycles. The third kappa shape index (κ3) is 2.00. The molecule has 0 radical (unpaired) electrons. The Labute approximate surface area is 95.0 Å². The summed E-state index contributed by atoms with van der Waals surface area (Å²) in [7, 11) is 0. The third-order valence-electron chi connectivity index (χ3n) is 3.04. The molecule has 2 rings (SSSR count). The molecule has 0 saturated heterocycles. The maximum Gasteiger partial charge on any atom is 0.416 e. The van der Waals surface area contributed by atoms with Crippen molar-refractivity contribution in [1.29, 1.82) is 0 Å². The lowest BCUT2D eigenvalue weighted by Gasteiger charge is -2.08. The molecule has 1 saturated carbocycles. The molecule has 0 spiro atoms. The highest BCUT2D eigenvalue weighted by Gasteiger charge is 2.58. The molecule has 6 heteroatoms.